The van der Waals surface area contributed by atoms with Crippen LogP contribution < -0.4 is 9.46 Å². The van der Waals surface area contributed by atoms with E-state index in [1.54, 1.807) is 18.2 Å². The van der Waals surface area contributed by atoms with Crippen molar-refractivity contribution >= 4 is 27.6 Å². The second-order valence-electron chi connectivity index (χ2n) is 4.73. The number of hydrogen-bond acceptors (Lipinski definition) is 5. The molecule has 0 amide bonds. The van der Waals surface area contributed by atoms with Crippen LogP contribution in [0.4, 0.5) is 5.95 Å². The number of hydrogen-bond donors (Lipinski definition) is 1. The SMILES string of the molecule is COc1ccc(Cl)c(S(=O)(=O)Nc2ncnn2-c2ccccc2)c1. The van der Waals surface area contributed by atoms with Crippen LogP contribution in [-0.2, 0) is 10.0 Å². The number of ether oxygens (including phenoxy) is 1. The van der Waals surface area contributed by atoms with E-state index in [2.05, 4.69) is 14.8 Å². The van der Waals surface area contributed by atoms with Crippen LogP contribution in [0.15, 0.2) is 59.8 Å². The average molecular weight is 365 g/mol. The summed E-state index contributed by atoms with van der Waals surface area (Å²) in [7, 11) is -2.52. The van der Waals surface area contributed by atoms with Crippen LogP contribution in [0.3, 0.4) is 0 Å². The van der Waals surface area contributed by atoms with E-state index in [0.717, 1.165) is 0 Å². The molecule has 3 aromatic rings. The Bertz CT molecular complexity index is 958. The van der Waals surface area contributed by atoms with Gasteiger partial charge in [0.1, 0.15) is 17.0 Å². The lowest BCUT2D eigenvalue weighted by atomic mass is 10.3. The summed E-state index contributed by atoms with van der Waals surface area (Å²) in [5.41, 5.74) is 0.671. The summed E-state index contributed by atoms with van der Waals surface area (Å²) in [5.74, 6) is 0.435. The molecule has 0 saturated heterocycles. The molecule has 1 N–H and O–H groups in total. The second-order valence-corrected chi connectivity index (χ2v) is 6.79. The van der Waals surface area contributed by atoms with Crippen molar-refractivity contribution in [2.24, 2.45) is 0 Å². The molecular formula is C15H13ClN4O3S. The molecule has 0 saturated carbocycles. The maximum absolute atomic E-state index is 12.6. The summed E-state index contributed by atoms with van der Waals surface area (Å²) < 4.78 is 34.1. The first-order chi connectivity index (χ1) is 11.5. The van der Waals surface area contributed by atoms with E-state index < -0.39 is 10.0 Å². The molecule has 0 spiro atoms. The topological polar surface area (TPSA) is 86.1 Å². The Hall–Kier alpha value is -2.58. The van der Waals surface area contributed by atoms with E-state index >= 15 is 0 Å². The van der Waals surface area contributed by atoms with Crippen molar-refractivity contribution in [1.29, 1.82) is 0 Å². The van der Waals surface area contributed by atoms with Gasteiger partial charge in [0.25, 0.3) is 10.0 Å². The zero-order valence-electron chi connectivity index (χ0n) is 12.5. The normalized spacial score (nSPS) is 11.2. The fraction of sp³-hybridized carbons (Fsp3) is 0.0667. The molecule has 0 atom stereocenters. The van der Waals surface area contributed by atoms with E-state index in [4.69, 9.17) is 16.3 Å². The van der Waals surface area contributed by atoms with Crippen LogP contribution in [0, 0.1) is 0 Å². The molecule has 24 heavy (non-hydrogen) atoms. The van der Waals surface area contributed by atoms with Crippen LogP contribution in [-0.4, -0.2) is 30.3 Å². The molecule has 0 radical (unpaired) electrons. The van der Waals surface area contributed by atoms with Gasteiger partial charge in [0.2, 0.25) is 5.95 Å². The lowest BCUT2D eigenvalue weighted by molar-refractivity contribution is 0.413. The van der Waals surface area contributed by atoms with Crippen molar-refractivity contribution in [3.05, 3.63) is 59.9 Å². The fourth-order valence-electron chi connectivity index (χ4n) is 2.06. The average Bonchev–Trinajstić information content (AvgIpc) is 3.03. The Balaban J connectivity index is 1.99. The summed E-state index contributed by atoms with van der Waals surface area (Å²) in [6.07, 6.45) is 1.26. The smallest absolute Gasteiger partial charge is 0.265 e. The maximum Gasteiger partial charge on any atom is 0.265 e. The Morgan fingerprint density at radius 1 is 1.17 bits per heavy atom. The summed E-state index contributed by atoms with van der Waals surface area (Å²) in [5, 5.41) is 4.12. The standard InChI is InChI=1S/C15H13ClN4O3S/c1-23-12-7-8-13(16)14(9-12)24(21,22)19-15-17-10-18-20(15)11-5-3-2-4-6-11/h2-10H,1H3,(H,17,18,19). The van der Waals surface area contributed by atoms with Gasteiger partial charge in [-0.05, 0) is 24.3 Å². The molecule has 0 aliphatic carbocycles. The Morgan fingerprint density at radius 3 is 2.62 bits per heavy atom. The lowest BCUT2D eigenvalue weighted by Gasteiger charge is -2.11. The highest BCUT2D eigenvalue weighted by Gasteiger charge is 2.22. The van der Waals surface area contributed by atoms with Gasteiger partial charge in [0.15, 0.2) is 0 Å². The summed E-state index contributed by atoms with van der Waals surface area (Å²) >= 11 is 6.02. The van der Waals surface area contributed by atoms with E-state index in [-0.39, 0.29) is 15.9 Å². The molecule has 2 aromatic carbocycles. The molecule has 124 valence electrons. The predicted octanol–water partition coefficient (Wildman–Crippen LogP) is 2.73. The first-order valence-electron chi connectivity index (χ1n) is 6.83. The van der Waals surface area contributed by atoms with Crippen molar-refractivity contribution in [2.75, 3.05) is 11.8 Å². The van der Waals surface area contributed by atoms with Gasteiger partial charge in [-0.3, -0.25) is 0 Å². The zero-order valence-corrected chi connectivity index (χ0v) is 14.1. The van der Waals surface area contributed by atoms with Gasteiger partial charge in [-0.1, -0.05) is 29.8 Å². The van der Waals surface area contributed by atoms with Crippen molar-refractivity contribution < 1.29 is 13.2 Å². The van der Waals surface area contributed by atoms with Crippen LogP contribution in [0.5, 0.6) is 5.75 Å². The number of methoxy groups -OCH3 is 1. The van der Waals surface area contributed by atoms with Crippen LogP contribution >= 0.6 is 11.6 Å². The lowest BCUT2D eigenvalue weighted by Crippen LogP contribution is -2.17. The number of para-hydroxylation sites is 1. The number of rotatable bonds is 5. The first kappa shape index (κ1) is 16.3. The second kappa shape index (κ2) is 6.50. The molecule has 0 aliphatic rings. The minimum Gasteiger partial charge on any atom is -0.497 e. The molecule has 0 unspecified atom stereocenters. The highest BCUT2D eigenvalue weighted by Crippen LogP contribution is 2.27. The number of nitrogens with zero attached hydrogens (tertiary/aromatic N) is 3. The fourth-order valence-corrected chi connectivity index (χ4v) is 3.57. The van der Waals surface area contributed by atoms with Crippen molar-refractivity contribution in [3.63, 3.8) is 0 Å². The number of halogens is 1. The van der Waals surface area contributed by atoms with Gasteiger partial charge in [0, 0.05) is 6.07 Å². The molecule has 0 fully saturated rings. The van der Waals surface area contributed by atoms with Crippen LogP contribution in [0.2, 0.25) is 5.02 Å². The van der Waals surface area contributed by atoms with Gasteiger partial charge in [-0.2, -0.15) is 14.8 Å². The van der Waals surface area contributed by atoms with Crippen LogP contribution in [0.25, 0.3) is 5.69 Å². The number of aromatic nitrogens is 3. The molecule has 1 heterocycles. The van der Waals surface area contributed by atoms with Crippen LogP contribution in [0.1, 0.15) is 0 Å². The van der Waals surface area contributed by atoms with E-state index in [9.17, 15) is 8.42 Å². The Labute approximate surface area is 143 Å². The number of benzene rings is 2. The van der Waals surface area contributed by atoms with Gasteiger partial charge in [0.05, 0.1) is 17.8 Å². The number of nitrogens with one attached hydrogen (secondary N) is 1. The quantitative estimate of drug-likeness (QED) is 0.752. The third-order valence-corrected chi connectivity index (χ3v) is 5.01. The Morgan fingerprint density at radius 2 is 1.92 bits per heavy atom. The first-order valence-corrected chi connectivity index (χ1v) is 8.69. The van der Waals surface area contributed by atoms with Crippen molar-refractivity contribution in [3.8, 4) is 11.4 Å². The van der Waals surface area contributed by atoms with Gasteiger partial charge >= 0.3 is 0 Å². The summed E-state index contributed by atoms with van der Waals surface area (Å²) in [6, 6.07) is 13.4. The van der Waals surface area contributed by atoms with Gasteiger partial charge < -0.3 is 4.74 Å². The third kappa shape index (κ3) is 3.19. The highest BCUT2D eigenvalue weighted by molar-refractivity contribution is 7.92. The molecule has 0 aliphatic heterocycles. The van der Waals surface area contributed by atoms with Gasteiger partial charge in [-0.15, -0.1) is 0 Å². The minimum absolute atomic E-state index is 0.0556. The van der Waals surface area contributed by atoms with Gasteiger partial charge in [-0.25, -0.2) is 13.1 Å². The zero-order chi connectivity index (χ0) is 17.2. The molecule has 1 aromatic heterocycles. The van der Waals surface area contributed by atoms with E-state index in [1.807, 2.05) is 18.2 Å². The number of anilines is 1. The largest absolute Gasteiger partial charge is 0.497 e. The minimum atomic E-state index is -3.96. The molecule has 3 rings (SSSR count). The third-order valence-electron chi connectivity index (χ3n) is 3.20. The maximum atomic E-state index is 12.6. The molecule has 9 heteroatoms. The summed E-state index contributed by atoms with van der Waals surface area (Å²) in [4.78, 5) is 3.86. The summed E-state index contributed by atoms with van der Waals surface area (Å²) in [6.45, 7) is 0. The monoisotopic (exact) mass is 364 g/mol. The van der Waals surface area contributed by atoms with Crippen molar-refractivity contribution in [1.82, 2.24) is 14.8 Å². The number of sulfonamides is 1. The van der Waals surface area contributed by atoms with E-state index in [0.29, 0.717) is 11.4 Å². The van der Waals surface area contributed by atoms with Crippen molar-refractivity contribution in [2.45, 2.75) is 4.90 Å². The predicted molar refractivity (Wildman–Crippen MR) is 90.2 cm³/mol. The molecular weight excluding hydrogens is 352 g/mol. The Kier molecular flexibility index (Phi) is 4.41. The van der Waals surface area contributed by atoms with E-state index in [1.165, 1.54) is 30.3 Å². The highest BCUT2D eigenvalue weighted by atomic mass is 35.5. The molecule has 0 bridgehead atoms. The molecule has 7 nitrogen and oxygen atoms in total.